The Morgan fingerprint density at radius 1 is 1.24 bits per heavy atom. The molecule has 0 bridgehead atoms. The van der Waals surface area contributed by atoms with Crippen LogP contribution in [0, 0.1) is 6.92 Å². The number of carbonyl (C=O) groups is 2. The fourth-order valence-corrected chi connectivity index (χ4v) is 3.14. The van der Waals surface area contributed by atoms with Gasteiger partial charge in [0, 0.05) is 11.4 Å². The number of nitrogens with one attached hydrogen (secondary N) is 2. The van der Waals surface area contributed by atoms with Crippen molar-refractivity contribution in [3.8, 4) is 0 Å². The van der Waals surface area contributed by atoms with E-state index in [9.17, 15) is 9.59 Å². The Morgan fingerprint density at radius 2 is 2.10 bits per heavy atom. The van der Waals surface area contributed by atoms with E-state index in [-0.39, 0.29) is 18.4 Å². The number of thiophene rings is 1. The Morgan fingerprint density at radius 3 is 2.76 bits per heavy atom. The van der Waals surface area contributed by atoms with Gasteiger partial charge in [-0.3, -0.25) is 9.59 Å². The van der Waals surface area contributed by atoms with Crippen LogP contribution in [0.4, 0.5) is 0 Å². The number of amides is 2. The largest absolute Gasteiger partial charge is 0.354 e. The third kappa shape index (κ3) is 5.34. The minimum Gasteiger partial charge on any atom is -0.354 e. The zero-order valence-electron chi connectivity index (χ0n) is 12.4. The van der Waals surface area contributed by atoms with Crippen molar-refractivity contribution in [2.75, 3.05) is 13.1 Å². The number of hydrogen-bond donors (Lipinski definition) is 2. The molecule has 0 saturated carbocycles. The molecule has 2 amide bonds. The van der Waals surface area contributed by atoms with Crippen LogP contribution < -0.4 is 10.6 Å². The summed E-state index contributed by atoms with van der Waals surface area (Å²) < 4.78 is 0. The average molecular weight is 306 g/mol. The first-order chi connectivity index (χ1) is 10.1. The van der Waals surface area contributed by atoms with Crippen LogP contribution in [-0.4, -0.2) is 24.9 Å². The molecule has 2 N–H and O–H groups in total. The summed E-state index contributed by atoms with van der Waals surface area (Å²) >= 11 is 1.43. The van der Waals surface area contributed by atoms with Crippen LogP contribution in [0.25, 0.3) is 0 Å². The molecule has 0 spiro atoms. The SMILES string of the molecule is Cc1ccc(C(=O)NCC(=O)NCCC2=CCCCC2)s1. The maximum atomic E-state index is 11.8. The Balaban J connectivity index is 1.63. The number of rotatable bonds is 6. The molecule has 1 aliphatic carbocycles. The van der Waals surface area contributed by atoms with E-state index in [2.05, 4.69) is 16.7 Å². The van der Waals surface area contributed by atoms with Gasteiger partial charge in [0.05, 0.1) is 11.4 Å². The molecule has 0 saturated heterocycles. The second-order valence-corrected chi connectivity index (χ2v) is 6.59. The molecule has 0 aromatic carbocycles. The lowest BCUT2D eigenvalue weighted by Crippen LogP contribution is -2.37. The smallest absolute Gasteiger partial charge is 0.261 e. The highest BCUT2D eigenvalue weighted by Crippen LogP contribution is 2.19. The highest BCUT2D eigenvalue weighted by molar-refractivity contribution is 7.13. The molecule has 2 rings (SSSR count). The summed E-state index contributed by atoms with van der Waals surface area (Å²) in [7, 11) is 0. The fraction of sp³-hybridized carbons (Fsp3) is 0.500. The molecule has 1 aliphatic rings. The zero-order valence-corrected chi connectivity index (χ0v) is 13.2. The average Bonchev–Trinajstić information content (AvgIpc) is 2.92. The molecule has 21 heavy (non-hydrogen) atoms. The summed E-state index contributed by atoms with van der Waals surface area (Å²) in [6.07, 6.45) is 8.07. The molecular formula is C16H22N2O2S. The van der Waals surface area contributed by atoms with Gasteiger partial charge in [-0.15, -0.1) is 11.3 Å². The first-order valence-corrected chi connectivity index (χ1v) is 8.26. The molecule has 0 radical (unpaired) electrons. The summed E-state index contributed by atoms with van der Waals surface area (Å²) in [5, 5.41) is 5.50. The number of hydrogen-bond acceptors (Lipinski definition) is 3. The molecule has 0 fully saturated rings. The standard InChI is InChI=1S/C16H22N2O2S/c1-12-7-8-14(21-12)16(20)18-11-15(19)17-10-9-13-5-3-2-4-6-13/h5,7-8H,2-4,6,9-11H2,1H3,(H,17,19)(H,18,20). The Kier molecular flexibility index (Phi) is 5.99. The van der Waals surface area contributed by atoms with Crippen molar-refractivity contribution in [3.05, 3.63) is 33.5 Å². The van der Waals surface area contributed by atoms with Crippen molar-refractivity contribution in [3.63, 3.8) is 0 Å². The van der Waals surface area contributed by atoms with Crippen LogP contribution in [0.1, 0.15) is 46.7 Å². The van der Waals surface area contributed by atoms with Crippen molar-refractivity contribution in [2.45, 2.75) is 39.0 Å². The van der Waals surface area contributed by atoms with Crippen molar-refractivity contribution < 1.29 is 9.59 Å². The van der Waals surface area contributed by atoms with Gasteiger partial charge >= 0.3 is 0 Å². The molecule has 1 heterocycles. The Labute approximate surface area is 129 Å². The lowest BCUT2D eigenvalue weighted by atomic mass is 9.97. The third-order valence-corrected chi connectivity index (χ3v) is 4.53. The molecule has 1 aromatic heterocycles. The van der Waals surface area contributed by atoms with Gasteiger partial charge in [-0.2, -0.15) is 0 Å². The molecule has 4 nitrogen and oxygen atoms in total. The number of allylic oxidation sites excluding steroid dienone is 1. The Hall–Kier alpha value is -1.62. The van der Waals surface area contributed by atoms with Gasteiger partial charge in [0.2, 0.25) is 5.91 Å². The van der Waals surface area contributed by atoms with Crippen LogP contribution in [0.5, 0.6) is 0 Å². The predicted molar refractivity (Wildman–Crippen MR) is 85.6 cm³/mol. The van der Waals surface area contributed by atoms with Crippen molar-refractivity contribution in [2.24, 2.45) is 0 Å². The van der Waals surface area contributed by atoms with E-state index >= 15 is 0 Å². The van der Waals surface area contributed by atoms with Crippen LogP contribution in [0.15, 0.2) is 23.8 Å². The quantitative estimate of drug-likeness (QED) is 0.794. The normalized spacial score (nSPS) is 14.4. The van der Waals surface area contributed by atoms with E-state index in [4.69, 9.17) is 0 Å². The van der Waals surface area contributed by atoms with Gasteiger partial charge < -0.3 is 10.6 Å². The van der Waals surface area contributed by atoms with Gasteiger partial charge in [-0.1, -0.05) is 11.6 Å². The summed E-state index contributed by atoms with van der Waals surface area (Å²) in [4.78, 5) is 25.2. The minimum absolute atomic E-state index is 0.0365. The lowest BCUT2D eigenvalue weighted by molar-refractivity contribution is -0.120. The second-order valence-electron chi connectivity index (χ2n) is 5.30. The van der Waals surface area contributed by atoms with Gasteiger partial charge in [0.25, 0.3) is 5.91 Å². The zero-order chi connectivity index (χ0) is 15.1. The lowest BCUT2D eigenvalue weighted by Gasteiger charge is -2.13. The van der Waals surface area contributed by atoms with Crippen molar-refractivity contribution >= 4 is 23.2 Å². The fourth-order valence-electron chi connectivity index (χ4n) is 2.36. The minimum atomic E-state index is -0.182. The predicted octanol–water partition coefficient (Wildman–Crippen LogP) is 2.79. The molecule has 114 valence electrons. The van der Waals surface area contributed by atoms with Crippen LogP contribution in [0.2, 0.25) is 0 Å². The van der Waals surface area contributed by atoms with Crippen LogP contribution >= 0.6 is 11.3 Å². The van der Waals surface area contributed by atoms with E-state index < -0.39 is 0 Å². The Bertz CT molecular complexity index is 534. The van der Waals surface area contributed by atoms with Crippen LogP contribution in [0.3, 0.4) is 0 Å². The monoisotopic (exact) mass is 306 g/mol. The maximum absolute atomic E-state index is 11.8. The van der Waals surface area contributed by atoms with Crippen molar-refractivity contribution in [1.82, 2.24) is 10.6 Å². The molecule has 0 aliphatic heterocycles. The first-order valence-electron chi connectivity index (χ1n) is 7.44. The molecule has 0 atom stereocenters. The third-order valence-electron chi connectivity index (χ3n) is 3.53. The van der Waals surface area contributed by atoms with Crippen molar-refractivity contribution in [1.29, 1.82) is 0 Å². The van der Waals surface area contributed by atoms with Gasteiger partial charge in [-0.25, -0.2) is 0 Å². The van der Waals surface area contributed by atoms with E-state index in [1.54, 1.807) is 6.07 Å². The van der Waals surface area contributed by atoms with Gasteiger partial charge in [-0.05, 0) is 51.2 Å². The van der Waals surface area contributed by atoms with Gasteiger partial charge in [0.1, 0.15) is 0 Å². The highest BCUT2D eigenvalue weighted by atomic mass is 32.1. The van der Waals surface area contributed by atoms with E-state index in [0.717, 1.165) is 17.7 Å². The number of carbonyl (C=O) groups excluding carboxylic acids is 2. The topological polar surface area (TPSA) is 58.2 Å². The molecule has 5 heteroatoms. The summed E-state index contributed by atoms with van der Waals surface area (Å²) in [5.41, 5.74) is 1.44. The van der Waals surface area contributed by atoms with Crippen LogP contribution in [-0.2, 0) is 4.79 Å². The summed E-state index contributed by atoms with van der Waals surface area (Å²) in [5.74, 6) is -0.314. The van der Waals surface area contributed by atoms with E-state index in [1.165, 1.54) is 36.2 Å². The summed E-state index contributed by atoms with van der Waals surface area (Å²) in [6, 6.07) is 3.68. The maximum Gasteiger partial charge on any atom is 0.261 e. The molecular weight excluding hydrogens is 284 g/mol. The van der Waals surface area contributed by atoms with Gasteiger partial charge in [0.15, 0.2) is 0 Å². The number of aryl methyl sites for hydroxylation is 1. The highest BCUT2D eigenvalue weighted by Gasteiger charge is 2.10. The van der Waals surface area contributed by atoms with E-state index in [0.29, 0.717) is 11.4 Å². The summed E-state index contributed by atoms with van der Waals surface area (Å²) in [6.45, 7) is 2.64. The molecule has 1 aromatic rings. The first kappa shape index (κ1) is 15.8. The second kappa shape index (κ2) is 7.98. The molecule has 0 unspecified atom stereocenters. The van der Waals surface area contributed by atoms with E-state index in [1.807, 2.05) is 13.0 Å².